The molecule has 0 unspecified atom stereocenters. The van der Waals surface area contributed by atoms with E-state index in [1.807, 2.05) is 13.2 Å². The molecule has 1 aliphatic rings. The molecule has 0 aliphatic carbocycles. The molecule has 0 saturated heterocycles. The maximum atomic E-state index is 5.54. The van der Waals surface area contributed by atoms with Gasteiger partial charge in [0, 0.05) is 25.5 Å². The lowest BCUT2D eigenvalue weighted by Gasteiger charge is -2.19. The van der Waals surface area contributed by atoms with Crippen molar-refractivity contribution in [2.45, 2.75) is 12.8 Å². The largest absolute Gasteiger partial charge is 0.401 e. The van der Waals surface area contributed by atoms with Gasteiger partial charge in [0.25, 0.3) is 0 Å². The van der Waals surface area contributed by atoms with Crippen molar-refractivity contribution in [1.82, 2.24) is 4.90 Å². The highest BCUT2D eigenvalue weighted by Crippen LogP contribution is 2.06. The highest BCUT2D eigenvalue weighted by atomic mass is 15.1. The Labute approximate surface area is 50.0 Å². The van der Waals surface area contributed by atoms with Crippen LogP contribution in [0.15, 0.2) is 11.9 Å². The number of rotatable bonds is 0. The second-order valence-corrected chi connectivity index (χ2v) is 2.29. The summed E-state index contributed by atoms with van der Waals surface area (Å²) in [6, 6.07) is 0. The van der Waals surface area contributed by atoms with Gasteiger partial charge in [0.05, 0.1) is 0 Å². The molecule has 0 spiro atoms. The molecule has 0 aromatic heterocycles. The van der Waals surface area contributed by atoms with Crippen LogP contribution in [0.3, 0.4) is 0 Å². The predicted octanol–water partition coefficient (Wildman–Crippen LogP) is 0.512. The first-order valence-electron chi connectivity index (χ1n) is 2.95. The summed E-state index contributed by atoms with van der Waals surface area (Å²) >= 11 is 0. The molecule has 0 atom stereocenters. The third-order valence-electron chi connectivity index (χ3n) is 1.36. The quantitative estimate of drug-likeness (QED) is 0.494. The molecule has 0 bridgehead atoms. The molecule has 0 fully saturated rings. The van der Waals surface area contributed by atoms with Crippen molar-refractivity contribution < 1.29 is 0 Å². The summed E-state index contributed by atoms with van der Waals surface area (Å²) in [6.45, 7) is 1.15. The molecule has 1 aliphatic heterocycles. The van der Waals surface area contributed by atoms with Crippen LogP contribution in [-0.4, -0.2) is 18.5 Å². The minimum atomic E-state index is 1.01. The smallest absolute Gasteiger partial charge is 0.0242 e. The summed E-state index contributed by atoms with van der Waals surface area (Å²) in [5.41, 5.74) is 6.56. The molecule has 0 radical (unpaired) electrons. The Bertz CT molecular complexity index is 107. The summed E-state index contributed by atoms with van der Waals surface area (Å²) in [7, 11) is 2.05. The Morgan fingerprint density at radius 2 is 2.50 bits per heavy atom. The van der Waals surface area contributed by atoms with E-state index in [0.717, 1.165) is 18.7 Å². The maximum absolute atomic E-state index is 5.54. The van der Waals surface area contributed by atoms with Crippen LogP contribution in [0.1, 0.15) is 12.8 Å². The molecule has 46 valence electrons. The van der Waals surface area contributed by atoms with Crippen molar-refractivity contribution in [2.75, 3.05) is 13.6 Å². The van der Waals surface area contributed by atoms with Gasteiger partial charge in [-0.2, -0.15) is 0 Å². The van der Waals surface area contributed by atoms with Crippen LogP contribution in [0.4, 0.5) is 0 Å². The van der Waals surface area contributed by atoms with Crippen molar-refractivity contribution >= 4 is 0 Å². The van der Waals surface area contributed by atoms with E-state index in [9.17, 15) is 0 Å². The Kier molecular flexibility index (Phi) is 1.42. The van der Waals surface area contributed by atoms with Crippen LogP contribution < -0.4 is 5.73 Å². The van der Waals surface area contributed by atoms with Gasteiger partial charge in [0.2, 0.25) is 0 Å². The summed E-state index contributed by atoms with van der Waals surface area (Å²) in [6.07, 6.45) is 4.28. The number of hydrogen-bond donors (Lipinski definition) is 1. The summed E-state index contributed by atoms with van der Waals surface area (Å²) in [5.74, 6) is 0. The fourth-order valence-corrected chi connectivity index (χ4v) is 0.945. The summed E-state index contributed by atoms with van der Waals surface area (Å²) < 4.78 is 0. The van der Waals surface area contributed by atoms with Crippen molar-refractivity contribution in [3.8, 4) is 0 Å². The van der Waals surface area contributed by atoms with E-state index < -0.39 is 0 Å². The molecule has 0 saturated carbocycles. The average Bonchev–Trinajstić information content (AvgIpc) is 1.64. The van der Waals surface area contributed by atoms with E-state index in [-0.39, 0.29) is 0 Å². The molecule has 2 N–H and O–H groups in total. The highest BCUT2D eigenvalue weighted by Gasteiger charge is 2.01. The van der Waals surface area contributed by atoms with E-state index in [1.54, 1.807) is 0 Å². The topological polar surface area (TPSA) is 29.3 Å². The van der Waals surface area contributed by atoms with E-state index >= 15 is 0 Å². The molecule has 0 amide bonds. The first kappa shape index (κ1) is 5.48. The van der Waals surface area contributed by atoms with Gasteiger partial charge in [-0.25, -0.2) is 0 Å². The third-order valence-corrected chi connectivity index (χ3v) is 1.36. The molecule has 1 heterocycles. The lowest BCUT2D eigenvalue weighted by Crippen LogP contribution is -2.20. The number of hydrogen-bond acceptors (Lipinski definition) is 2. The molecular weight excluding hydrogens is 100 g/mol. The molecule has 8 heavy (non-hydrogen) atoms. The Morgan fingerprint density at radius 1 is 1.75 bits per heavy atom. The molecule has 1 rings (SSSR count). The zero-order valence-electron chi connectivity index (χ0n) is 5.22. The van der Waals surface area contributed by atoms with Gasteiger partial charge in [-0.3, -0.25) is 0 Å². The Hall–Kier alpha value is -0.660. The molecular formula is C6H12N2. The van der Waals surface area contributed by atoms with Gasteiger partial charge in [-0.1, -0.05) is 0 Å². The van der Waals surface area contributed by atoms with Crippen molar-refractivity contribution in [1.29, 1.82) is 0 Å². The van der Waals surface area contributed by atoms with Gasteiger partial charge >= 0.3 is 0 Å². The average molecular weight is 112 g/mol. The first-order chi connectivity index (χ1) is 3.79. The predicted molar refractivity (Wildman–Crippen MR) is 34.1 cm³/mol. The van der Waals surface area contributed by atoms with Gasteiger partial charge in [0.1, 0.15) is 0 Å². The van der Waals surface area contributed by atoms with Gasteiger partial charge in [-0.15, -0.1) is 0 Å². The first-order valence-corrected chi connectivity index (χ1v) is 2.95. The lowest BCUT2D eigenvalue weighted by molar-refractivity contribution is 0.415. The zero-order chi connectivity index (χ0) is 5.98. The molecule has 2 nitrogen and oxygen atoms in total. The van der Waals surface area contributed by atoms with E-state index in [1.165, 1.54) is 6.42 Å². The second-order valence-electron chi connectivity index (χ2n) is 2.29. The van der Waals surface area contributed by atoms with Gasteiger partial charge in [-0.05, 0) is 12.8 Å². The van der Waals surface area contributed by atoms with Crippen molar-refractivity contribution in [3.63, 3.8) is 0 Å². The number of allylic oxidation sites excluding steroid dienone is 1. The van der Waals surface area contributed by atoms with Crippen molar-refractivity contribution in [2.24, 2.45) is 5.73 Å². The summed E-state index contributed by atoms with van der Waals surface area (Å²) in [4.78, 5) is 2.12. The standard InChI is InChI=1S/C6H12N2/c1-8-4-2-3-6(7)5-8/h5H,2-4,7H2,1H3. The van der Waals surface area contributed by atoms with E-state index in [2.05, 4.69) is 4.90 Å². The highest BCUT2D eigenvalue weighted by molar-refractivity contribution is 4.98. The lowest BCUT2D eigenvalue weighted by atomic mass is 10.2. The fraction of sp³-hybridized carbons (Fsp3) is 0.667. The minimum absolute atomic E-state index is 1.01. The van der Waals surface area contributed by atoms with E-state index in [0.29, 0.717) is 0 Å². The fourth-order valence-electron chi connectivity index (χ4n) is 0.945. The van der Waals surface area contributed by atoms with Crippen LogP contribution in [0.2, 0.25) is 0 Å². The van der Waals surface area contributed by atoms with Crippen molar-refractivity contribution in [3.05, 3.63) is 11.9 Å². The van der Waals surface area contributed by atoms with Crippen LogP contribution in [-0.2, 0) is 0 Å². The van der Waals surface area contributed by atoms with Crippen LogP contribution in [0.25, 0.3) is 0 Å². The maximum Gasteiger partial charge on any atom is 0.0242 e. The minimum Gasteiger partial charge on any atom is -0.401 e. The monoisotopic (exact) mass is 112 g/mol. The molecule has 2 heteroatoms. The van der Waals surface area contributed by atoms with Crippen LogP contribution in [0.5, 0.6) is 0 Å². The number of nitrogens with zero attached hydrogens (tertiary/aromatic N) is 1. The Morgan fingerprint density at radius 3 is 2.88 bits per heavy atom. The van der Waals surface area contributed by atoms with E-state index in [4.69, 9.17) is 5.73 Å². The molecule has 0 aromatic rings. The molecule has 0 aromatic carbocycles. The van der Waals surface area contributed by atoms with Crippen LogP contribution in [0, 0.1) is 0 Å². The Balaban J connectivity index is 2.50. The zero-order valence-corrected chi connectivity index (χ0v) is 5.22. The second kappa shape index (κ2) is 2.07. The SMILES string of the molecule is CN1C=C(N)CCC1. The van der Waals surface area contributed by atoms with Crippen LogP contribution >= 0.6 is 0 Å². The third kappa shape index (κ3) is 1.15. The van der Waals surface area contributed by atoms with Gasteiger partial charge in [0.15, 0.2) is 0 Å². The summed E-state index contributed by atoms with van der Waals surface area (Å²) in [5, 5.41) is 0. The number of nitrogens with two attached hydrogens (primary N) is 1. The van der Waals surface area contributed by atoms with Gasteiger partial charge < -0.3 is 10.6 Å². The normalized spacial score (nSPS) is 20.6.